The van der Waals surface area contributed by atoms with Gasteiger partial charge in [-0.3, -0.25) is 9.59 Å². The molecule has 1 aliphatic rings. The van der Waals surface area contributed by atoms with Crippen molar-refractivity contribution in [2.75, 3.05) is 13.1 Å². The summed E-state index contributed by atoms with van der Waals surface area (Å²) in [4.78, 5) is 31.3. The number of piperidine rings is 1. The van der Waals surface area contributed by atoms with Crippen molar-refractivity contribution in [3.05, 3.63) is 76.3 Å². The Balaban J connectivity index is 1.38. The third kappa shape index (κ3) is 4.18. The summed E-state index contributed by atoms with van der Waals surface area (Å²) in [6, 6.07) is 12.2. The van der Waals surface area contributed by atoms with Crippen LogP contribution in [0.15, 0.2) is 55.1 Å². The number of likely N-dealkylation sites (tertiary alicyclic amines) is 1. The number of halogens is 2. The highest BCUT2D eigenvalue weighted by molar-refractivity contribution is 6.42. The Labute approximate surface area is 178 Å². The molecular formula is C21H18Cl2N4O2. The Kier molecular flexibility index (Phi) is 5.65. The van der Waals surface area contributed by atoms with Crippen LogP contribution in [0, 0.1) is 5.92 Å². The minimum absolute atomic E-state index is 0.0319. The van der Waals surface area contributed by atoms with Crippen molar-refractivity contribution in [3.8, 4) is 5.69 Å². The smallest absolute Gasteiger partial charge is 0.253 e. The molecule has 8 heteroatoms. The van der Waals surface area contributed by atoms with Crippen LogP contribution in [-0.2, 0) is 0 Å². The van der Waals surface area contributed by atoms with E-state index in [1.54, 1.807) is 46.2 Å². The SMILES string of the molecule is O=C(c1ccc(Cl)c(Cl)c1)C1CCN(C(=O)c2ccc(-n3cncn3)cc2)CC1. The fourth-order valence-electron chi connectivity index (χ4n) is 3.51. The topological polar surface area (TPSA) is 68.1 Å². The van der Waals surface area contributed by atoms with Crippen LogP contribution in [0.5, 0.6) is 0 Å². The average Bonchev–Trinajstić information content (AvgIpc) is 3.30. The largest absolute Gasteiger partial charge is 0.339 e. The van der Waals surface area contributed by atoms with Gasteiger partial charge >= 0.3 is 0 Å². The van der Waals surface area contributed by atoms with Crippen LogP contribution in [0.3, 0.4) is 0 Å². The Morgan fingerprint density at radius 1 is 0.931 bits per heavy atom. The van der Waals surface area contributed by atoms with Crippen LogP contribution >= 0.6 is 23.2 Å². The second-order valence-electron chi connectivity index (χ2n) is 6.95. The quantitative estimate of drug-likeness (QED) is 0.580. The highest BCUT2D eigenvalue weighted by Gasteiger charge is 2.28. The van der Waals surface area contributed by atoms with Crippen molar-refractivity contribution in [3.63, 3.8) is 0 Å². The van der Waals surface area contributed by atoms with Crippen LogP contribution in [0.4, 0.5) is 0 Å². The van der Waals surface area contributed by atoms with Gasteiger partial charge in [-0.2, -0.15) is 5.10 Å². The van der Waals surface area contributed by atoms with E-state index in [-0.39, 0.29) is 17.6 Å². The van der Waals surface area contributed by atoms with Crippen LogP contribution < -0.4 is 0 Å². The number of nitrogens with zero attached hydrogens (tertiary/aromatic N) is 4. The summed E-state index contributed by atoms with van der Waals surface area (Å²) in [6.07, 6.45) is 4.32. The number of benzene rings is 2. The molecule has 29 heavy (non-hydrogen) atoms. The van der Waals surface area contributed by atoms with Crippen molar-refractivity contribution >= 4 is 34.9 Å². The number of ketones is 1. The van der Waals surface area contributed by atoms with Crippen LogP contribution in [-0.4, -0.2) is 44.4 Å². The van der Waals surface area contributed by atoms with Crippen molar-refractivity contribution in [1.82, 2.24) is 19.7 Å². The molecule has 0 unspecified atom stereocenters. The molecule has 148 valence electrons. The van der Waals surface area contributed by atoms with E-state index in [4.69, 9.17) is 23.2 Å². The van der Waals surface area contributed by atoms with E-state index >= 15 is 0 Å². The van der Waals surface area contributed by atoms with E-state index in [0.29, 0.717) is 47.1 Å². The number of carbonyl (C=O) groups excluding carboxylic acids is 2. The predicted octanol–water partition coefficient (Wildman–Crippen LogP) is 4.31. The van der Waals surface area contributed by atoms with Crippen molar-refractivity contribution in [2.45, 2.75) is 12.8 Å². The molecule has 6 nitrogen and oxygen atoms in total. The first-order valence-electron chi connectivity index (χ1n) is 9.26. The van der Waals surface area contributed by atoms with Gasteiger partial charge < -0.3 is 4.90 Å². The summed E-state index contributed by atoms with van der Waals surface area (Å²) in [5.41, 5.74) is 2.01. The molecular weight excluding hydrogens is 411 g/mol. The molecule has 0 radical (unpaired) electrons. The lowest BCUT2D eigenvalue weighted by molar-refractivity contribution is 0.0650. The molecule has 1 saturated heterocycles. The summed E-state index contributed by atoms with van der Waals surface area (Å²) < 4.78 is 1.63. The summed E-state index contributed by atoms with van der Waals surface area (Å²) in [5, 5.41) is 4.88. The minimum Gasteiger partial charge on any atom is -0.339 e. The van der Waals surface area contributed by atoms with E-state index in [1.807, 2.05) is 12.1 Å². The molecule has 0 bridgehead atoms. The van der Waals surface area contributed by atoms with Gasteiger partial charge in [0.2, 0.25) is 0 Å². The molecule has 0 atom stereocenters. The van der Waals surface area contributed by atoms with Crippen molar-refractivity contribution in [2.24, 2.45) is 5.92 Å². The summed E-state index contributed by atoms with van der Waals surface area (Å²) in [5.74, 6) is -0.102. The fraction of sp³-hybridized carbons (Fsp3) is 0.238. The van der Waals surface area contributed by atoms with Gasteiger partial charge in [-0.15, -0.1) is 0 Å². The first-order valence-corrected chi connectivity index (χ1v) is 10.0. The lowest BCUT2D eigenvalue weighted by atomic mass is 9.88. The Morgan fingerprint density at radius 2 is 1.62 bits per heavy atom. The van der Waals surface area contributed by atoms with Crippen LogP contribution in [0.2, 0.25) is 10.0 Å². The highest BCUT2D eigenvalue weighted by atomic mass is 35.5. The van der Waals surface area contributed by atoms with E-state index in [1.165, 1.54) is 6.33 Å². The molecule has 2 aromatic carbocycles. The third-order valence-electron chi connectivity index (χ3n) is 5.15. The highest BCUT2D eigenvalue weighted by Crippen LogP contribution is 2.27. The van der Waals surface area contributed by atoms with Crippen LogP contribution in [0.25, 0.3) is 5.69 Å². The average molecular weight is 429 g/mol. The van der Waals surface area contributed by atoms with E-state index < -0.39 is 0 Å². The Morgan fingerprint density at radius 3 is 2.24 bits per heavy atom. The van der Waals surface area contributed by atoms with E-state index in [9.17, 15) is 9.59 Å². The number of carbonyl (C=O) groups is 2. The number of aromatic nitrogens is 3. The molecule has 0 aliphatic carbocycles. The molecule has 1 aromatic heterocycles. The number of hydrogen-bond acceptors (Lipinski definition) is 4. The Hall–Kier alpha value is -2.70. The number of rotatable bonds is 4. The predicted molar refractivity (Wildman–Crippen MR) is 111 cm³/mol. The van der Waals surface area contributed by atoms with Gasteiger partial charge in [0, 0.05) is 30.1 Å². The second-order valence-corrected chi connectivity index (χ2v) is 7.76. The summed E-state index contributed by atoms with van der Waals surface area (Å²) in [7, 11) is 0. The van der Waals surface area contributed by atoms with E-state index in [2.05, 4.69) is 10.1 Å². The van der Waals surface area contributed by atoms with Gasteiger partial charge in [0.05, 0.1) is 15.7 Å². The normalized spacial score (nSPS) is 14.8. The summed E-state index contributed by atoms with van der Waals surface area (Å²) >= 11 is 12.0. The summed E-state index contributed by atoms with van der Waals surface area (Å²) in [6.45, 7) is 1.09. The first kappa shape index (κ1) is 19.6. The molecule has 2 heterocycles. The van der Waals surface area contributed by atoms with Gasteiger partial charge in [0.15, 0.2) is 5.78 Å². The van der Waals surface area contributed by atoms with Gasteiger partial charge in [-0.1, -0.05) is 23.2 Å². The number of amides is 1. The van der Waals surface area contributed by atoms with Crippen molar-refractivity contribution in [1.29, 1.82) is 0 Å². The third-order valence-corrected chi connectivity index (χ3v) is 5.89. The molecule has 0 spiro atoms. The maximum Gasteiger partial charge on any atom is 0.253 e. The molecule has 1 aliphatic heterocycles. The zero-order valence-electron chi connectivity index (χ0n) is 15.5. The van der Waals surface area contributed by atoms with Crippen molar-refractivity contribution < 1.29 is 9.59 Å². The van der Waals surface area contributed by atoms with Gasteiger partial charge in [0.25, 0.3) is 5.91 Å². The van der Waals surface area contributed by atoms with Crippen LogP contribution in [0.1, 0.15) is 33.6 Å². The molecule has 0 N–H and O–H groups in total. The zero-order valence-corrected chi connectivity index (χ0v) is 17.0. The fourth-order valence-corrected chi connectivity index (χ4v) is 3.81. The van der Waals surface area contributed by atoms with Gasteiger partial charge in [0.1, 0.15) is 12.7 Å². The van der Waals surface area contributed by atoms with Gasteiger partial charge in [-0.25, -0.2) is 9.67 Å². The number of hydrogen-bond donors (Lipinski definition) is 0. The molecule has 1 fully saturated rings. The second kappa shape index (κ2) is 8.35. The lowest BCUT2D eigenvalue weighted by Crippen LogP contribution is -2.40. The minimum atomic E-state index is -0.119. The lowest BCUT2D eigenvalue weighted by Gasteiger charge is -2.31. The zero-order chi connectivity index (χ0) is 20.4. The maximum absolute atomic E-state index is 12.8. The Bertz CT molecular complexity index is 1030. The maximum atomic E-state index is 12.8. The van der Waals surface area contributed by atoms with Gasteiger partial charge in [-0.05, 0) is 55.3 Å². The molecule has 1 amide bonds. The molecule has 0 saturated carbocycles. The monoisotopic (exact) mass is 428 g/mol. The first-order chi connectivity index (χ1) is 14.0. The molecule has 3 aromatic rings. The standard InChI is InChI=1S/C21H18Cl2N4O2/c22-18-6-3-16(11-19(18)23)20(28)14-7-9-26(10-8-14)21(29)15-1-4-17(5-2-15)27-13-24-12-25-27/h1-6,11-14H,7-10H2. The van der Waals surface area contributed by atoms with E-state index in [0.717, 1.165) is 5.69 Å². The number of Topliss-reactive ketones (excluding diaryl/α,β-unsaturated/α-hetero) is 1. The molecule has 4 rings (SSSR count).